The summed E-state index contributed by atoms with van der Waals surface area (Å²) in [5.74, 6) is 0. The highest BCUT2D eigenvalue weighted by Crippen LogP contribution is 2.41. The van der Waals surface area contributed by atoms with E-state index in [0.29, 0.717) is 0 Å². The monoisotopic (exact) mass is 558 g/mol. The summed E-state index contributed by atoms with van der Waals surface area (Å²) in [5.41, 5.74) is 8.48. The van der Waals surface area contributed by atoms with Gasteiger partial charge in [0.2, 0.25) is 0 Å². The van der Waals surface area contributed by atoms with E-state index in [1.165, 1.54) is 87.5 Å². The third-order valence-corrected chi connectivity index (χ3v) is 9.48. The van der Waals surface area contributed by atoms with Crippen LogP contribution in [0.3, 0.4) is 0 Å². The fraction of sp³-hybridized carbons (Fsp3) is 0. The average molecular weight is 559 g/mol. The molecule has 0 amide bonds. The Labute approximate surface area is 254 Å². The van der Waals surface area contributed by atoms with Crippen molar-refractivity contribution in [3.63, 3.8) is 0 Å². The van der Waals surface area contributed by atoms with Crippen LogP contribution in [0.1, 0.15) is 0 Å². The highest BCUT2D eigenvalue weighted by atomic mass is 15.0. The summed E-state index contributed by atoms with van der Waals surface area (Å²) in [4.78, 5) is 0. The predicted molar refractivity (Wildman–Crippen MR) is 187 cm³/mol. The van der Waals surface area contributed by atoms with Crippen molar-refractivity contribution in [2.24, 2.45) is 0 Å². The summed E-state index contributed by atoms with van der Waals surface area (Å²) in [6.07, 6.45) is 2.19. The Morgan fingerprint density at radius 3 is 1.93 bits per heavy atom. The van der Waals surface area contributed by atoms with Crippen LogP contribution in [0.25, 0.3) is 87.5 Å². The van der Waals surface area contributed by atoms with Crippen molar-refractivity contribution >= 4 is 65.0 Å². The van der Waals surface area contributed by atoms with Crippen molar-refractivity contribution in [3.8, 4) is 22.5 Å². The molecular weight excluding hydrogens is 532 g/mol. The van der Waals surface area contributed by atoms with Crippen LogP contribution in [-0.2, 0) is 0 Å². The molecule has 0 bridgehead atoms. The molecule has 0 unspecified atom stereocenters. The molecule has 204 valence electrons. The minimum atomic E-state index is 1.17. The van der Waals surface area contributed by atoms with Crippen molar-refractivity contribution in [2.75, 3.05) is 0 Å². The summed E-state index contributed by atoms with van der Waals surface area (Å²) < 4.78 is 4.72. The zero-order valence-corrected chi connectivity index (χ0v) is 23.9. The van der Waals surface area contributed by atoms with E-state index in [4.69, 9.17) is 0 Å². The molecule has 44 heavy (non-hydrogen) atoms. The number of hydrogen-bond acceptors (Lipinski definition) is 0. The molecule has 0 aliphatic rings. The van der Waals surface area contributed by atoms with Crippen molar-refractivity contribution in [3.05, 3.63) is 158 Å². The van der Waals surface area contributed by atoms with Gasteiger partial charge in [-0.3, -0.25) is 0 Å². The van der Waals surface area contributed by atoms with Crippen molar-refractivity contribution in [2.45, 2.75) is 0 Å². The van der Waals surface area contributed by atoms with E-state index in [-0.39, 0.29) is 0 Å². The smallest absolute Gasteiger partial charge is 0.0548 e. The molecule has 2 heterocycles. The third-order valence-electron chi connectivity index (χ3n) is 9.48. The maximum Gasteiger partial charge on any atom is 0.0548 e. The Balaban J connectivity index is 1.22. The van der Waals surface area contributed by atoms with Gasteiger partial charge in [-0.2, -0.15) is 0 Å². The second-order valence-electron chi connectivity index (χ2n) is 11.8. The summed E-state index contributed by atoms with van der Waals surface area (Å²) >= 11 is 0. The van der Waals surface area contributed by atoms with Gasteiger partial charge >= 0.3 is 0 Å². The first-order valence-corrected chi connectivity index (χ1v) is 15.2. The zero-order chi connectivity index (χ0) is 28.8. The molecule has 0 radical (unpaired) electrons. The second kappa shape index (κ2) is 8.82. The van der Waals surface area contributed by atoms with Crippen molar-refractivity contribution in [1.29, 1.82) is 0 Å². The molecule has 10 aromatic rings. The number of para-hydroxylation sites is 2. The number of rotatable bonds is 3. The highest BCUT2D eigenvalue weighted by molar-refractivity contribution is 6.25. The summed E-state index contributed by atoms with van der Waals surface area (Å²) in [7, 11) is 0. The van der Waals surface area contributed by atoms with Gasteiger partial charge in [-0.25, -0.2) is 0 Å². The Kier molecular flexibility index (Phi) is 4.75. The first-order valence-electron chi connectivity index (χ1n) is 15.2. The molecule has 0 atom stereocenters. The van der Waals surface area contributed by atoms with E-state index in [0.717, 1.165) is 0 Å². The highest BCUT2D eigenvalue weighted by Gasteiger charge is 2.18. The largest absolute Gasteiger partial charge is 0.317 e. The van der Waals surface area contributed by atoms with E-state index >= 15 is 0 Å². The lowest BCUT2D eigenvalue weighted by Crippen LogP contribution is -1.95. The number of fused-ring (bicyclic) bond motifs is 5. The lowest BCUT2D eigenvalue weighted by atomic mass is 9.90. The molecule has 0 N–H and O–H groups in total. The molecule has 10 rings (SSSR count). The van der Waals surface area contributed by atoms with Gasteiger partial charge in [-0.05, 0) is 92.0 Å². The molecule has 0 aliphatic heterocycles. The molecule has 0 saturated heterocycles. The van der Waals surface area contributed by atoms with Crippen molar-refractivity contribution < 1.29 is 0 Å². The molecule has 8 aromatic carbocycles. The van der Waals surface area contributed by atoms with Crippen LogP contribution in [0.15, 0.2) is 158 Å². The molecule has 0 spiro atoms. The Morgan fingerprint density at radius 1 is 0.364 bits per heavy atom. The SMILES string of the molecule is c1ccc(-n2ccc3c4c5ccccc5n(-c5cccc(-c6ccc7ccc8cccc9ccc6c7c89)c5)c4ccc32)cc1. The van der Waals surface area contributed by atoms with Gasteiger partial charge in [0.1, 0.15) is 0 Å². The quantitative estimate of drug-likeness (QED) is 0.191. The lowest BCUT2D eigenvalue weighted by Gasteiger charge is -2.15. The van der Waals surface area contributed by atoms with Crippen LogP contribution < -0.4 is 0 Å². The van der Waals surface area contributed by atoms with Gasteiger partial charge in [0.15, 0.2) is 0 Å². The molecule has 0 fully saturated rings. The fourth-order valence-corrected chi connectivity index (χ4v) is 7.58. The van der Waals surface area contributed by atoms with Crippen LogP contribution in [0, 0.1) is 0 Å². The molecule has 2 heteroatoms. The number of aromatic nitrogens is 2. The van der Waals surface area contributed by atoms with Gasteiger partial charge in [-0.15, -0.1) is 0 Å². The van der Waals surface area contributed by atoms with Gasteiger partial charge in [-0.1, -0.05) is 103 Å². The van der Waals surface area contributed by atoms with Gasteiger partial charge < -0.3 is 9.13 Å². The van der Waals surface area contributed by atoms with Crippen molar-refractivity contribution in [1.82, 2.24) is 9.13 Å². The Hall–Kier alpha value is -5.86. The van der Waals surface area contributed by atoms with E-state index in [1.54, 1.807) is 0 Å². The van der Waals surface area contributed by atoms with E-state index in [9.17, 15) is 0 Å². The lowest BCUT2D eigenvalue weighted by molar-refractivity contribution is 1.13. The van der Waals surface area contributed by atoms with Crippen LogP contribution in [0.2, 0.25) is 0 Å². The standard InChI is InChI=1S/C42H26N2/c1-2-11-31(12-3-1)43-25-24-36-37(43)22-23-39-42(36)35-14-4-5-15-38(35)44(39)32-13-7-10-30(26-32)33-20-18-29-17-16-27-8-6-9-28-19-21-34(33)41(29)40(27)28/h1-26H. The minimum absolute atomic E-state index is 1.17. The summed E-state index contributed by atoms with van der Waals surface area (Å²) in [6, 6.07) is 55.5. The summed E-state index contributed by atoms with van der Waals surface area (Å²) in [6.45, 7) is 0. The van der Waals surface area contributed by atoms with Crippen LogP contribution in [0.4, 0.5) is 0 Å². The zero-order valence-electron chi connectivity index (χ0n) is 23.9. The average Bonchev–Trinajstić information content (AvgIpc) is 3.67. The number of nitrogens with zero attached hydrogens (tertiary/aromatic N) is 2. The first kappa shape index (κ1) is 23.7. The fourth-order valence-electron chi connectivity index (χ4n) is 7.58. The van der Waals surface area contributed by atoms with Crippen LogP contribution >= 0.6 is 0 Å². The van der Waals surface area contributed by atoms with Gasteiger partial charge in [0.25, 0.3) is 0 Å². The third kappa shape index (κ3) is 3.20. The maximum absolute atomic E-state index is 2.43. The minimum Gasteiger partial charge on any atom is -0.317 e. The maximum atomic E-state index is 2.43. The number of hydrogen-bond donors (Lipinski definition) is 0. The second-order valence-corrected chi connectivity index (χ2v) is 11.8. The normalized spacial score (nSPS) is 12.1. The Morgan fingerprint density at radius 2 is 1.05 bits per heavy atom. The molecule has 2 nitrogen and oxygen atoms in total. The van der Waals surface area contributed by atoms with Gasteiger partial charge in [0.05, 0.1) is 16.6 Å². The van der Waals surface area contributed by atoms with Crippen LogP contribution in [-0.4, -0.2) is 9.13 Å². The summed E-state index contributed by atoms with van der Waals surface area (Å²) in [5, 5.41) is 11.7. The molecule has 0 aliphatic carbocycles. The molecule has 2 aromatic heterocycles. The van der Waals surface area contributed by atoms with Gasteiger partial charge in [0, 0.05) is 33.7 Å². The molecule has 0 saturated carbocycles. The number of benzene rings is 8. The Bertz CT molecular complexity index is 2690. The topological polar surface area (TPSA) is 9.86 Å². The first-order chi connectivity index (χ1) is 21.8. The van der Waals surface area contributed by atoms with E-state index < -0.39 is 0 Å². The molecular formula is C42H26N2. The predicted octanol–water partition coefficient (Wildman–Crippen LogP) is 11.3. The van der Waals surface area contributed by atoms with E-state index in [1.807, 2.05) is 0 Å². The van der Waals surface area contributed by atoms with E-state index in [2.05, 4.69) is 167 Å². The van der Waals surface area contributed by atoms with Crippen LogP contribution in [0.5, 0.6) is 0 Å².